The van der Waals surface area contributed by atoms with Crippen molar-refractivity contribution in [3.8, 4) is 0 Å². The van der Waals surface area contributed by atoms with Crippen LogP contribution in [0.25, 0.3) is 11.2 Å². The molecule has 0 fully saturated rings. The third-order valence-electron chi connectivity index (χ3n) is 3.80. The quantitative estimate of drug-likeness (QED) is 0.462. The Morgan fingerprint density at radius 3 is 2.85 bits per heavy atom. The van der Waals surface area contributed by atoms with Crippen LogP contribution >= 0.6 is 19.3 Å². The van der Waals surface area contributed by atoms with Crippen molar-refractivity contribution in [3.05, 3.63) is 18.6 Å². The zero-order valence-corrected chi connectivity index (χ0v) is 17.7. The first kappa shape index (κ1) is 21.8. The maximum absolute atomic E-state index is 13.0. The first-order chi connectivity index (χ1) is 12.7. The summed E-state index contributed by atoms with van der Waals surface area (Å²) in [5, 5.41) is 0.00459. The van der Waals surface area contributed by atoms with Crippen LogP contribution in [0.15, 0.2) is 18.6 Å². The average Bonchev–Trinajstić information content (AvgIpc) is 3.01. The van der Waals surface area contributed by atoms with Gasteiger partial charge in [0.2, 0.25) is 0 Å². The van der Waals surface area contributed by atoms with Gasteiger partial charge in [0.15, 0.2) is 10.8 Å². The number of rotatable bonds is 10. The maximum Gasteiger partial charge on any atom is 0.297 e. The van der Waals surface area contributed by atoms with E-state index in [1.807, 2.05) is 11.5 Å². The molecule has 2 aromatic rings. The van der Waals surface area contributed by atoms with Crippen LogP contribution in [0.5, 0.6) is 0 Å². The van der Waals surface area contributed by atoms with E-state index in [2.05, 4.69) is 9.97 Å². The predicted octanol–water partition coefficient (Wildman–Crippen LogP) is 2.43. The standard InChI is InChI=1S/C16H26N5O4PS/c1-12(9-21-10-19-15-14(17)5-6-18-16(15)21)24-11-26(23,20(3)4)25-7-8-27-13(2)22/h5-6,10,12H,7-9,11H2,1-4H3,(H2,17,18). The Morgan fingerprint density at radius 2 is 2.19 bits per heavy atom. The Bertz CT molecular complexity index is 828. The molecule has 2 rings (SSSR count). The second kappa shape index (κ2) is 9.66. The van der Waals surface area contributed by atoms with Crippen molar-refractivity contribution in [2.75, 3.05) is 38.5 Å². The van der Waals surface area contributed by atoms with Crippen molar-refractivity contribution in [1.29, 1.82) is 0 Å². The maximum atomic E-state index is 13.0. The third kappa shape index (κ3) is 6.02. The van der Waals surface area contributed by atoms with Crippen LogP contribution in [0.1, 0.15) is 13.8 Å². The summed E-state index contributed by atoms with van der Waals surface area (Å²) < 4.78 is 27.7. The van der Waals surface area contributed by atoms with Crippen molar-refractivity contribution in [1.82, 2.24) is 19.2 Å². The second-order valence-corrected chi connectivity index (χ2v) is 10.1. The molecule has 0 saturated carbocycles. The number of carbonyl (C=O) groups is 1. The van der Waals surface area contributed by atoms with Crippen molar-refractivity contribution < 1.29 is 18.6 Å². The summed E-state index contributed by atoms with van der Waals surface area (Å²) in [5.41, 5.74) is 7.80. The van der Waals surface area contributed by atoms with Crippen LogP contribution in [0, 0.1) is 0 Å². The zero-order chi connectivity index (χ0) is 20.0. The van der Waals surface area contributed by atoms with E-state index in [1.165, 1.54) is 11.6 Å². The van der Waals surface area contributed by atoms with Crippen LogP contribution < -0.4 is 5.73 Å². The first-order valence-corrected chi connectivity index (χ1v) is 11.2. The predicted molar refractivity (Wildman–Crippen MR) is 108 cm³/mol. The van der Waals surface area contributed by atoms with Gasteiger partial charge in [-0.3, -0.25) is 9.36 Å². The minimum Gasteiger partial charge on any atom is -0.397 e. The van der Waals surface area contributed by atoms with Crippen LogP contribution in [0.3, 0.4) is 0 Å². The Hall–Kier alpha value is -1.45. The summed E-state index contributed by atoms with van der Waals surface area (Å²) in [6.45, 7) is 4.07. The van der Waals surface area contributed by atoms with E-state index in [-0.39, 0.29) is 24.2 Å². The van der Waals surface area contributed by atoms with E-state index in [0.717, 1.165) is 11.8 Å². The number of hydrogen-bond donors (Lipinski definition) is 1. The molecule has 0 aliphatic heterocycles. The summed E-state index contributed by atoms with van der Waals surface area (Å²) in [7, 11) is 0.242. The largest absolute Gasteiger partial charge is 0.397 e. The summed E-state index contributed by atoms with van der Waals surface area (Å²) in [6.07, 6.45) is 3.01. The summed E-state index contributed by atoms with van der Waals surface area (Å²) in [6, 6.07) is 1.70. The molecule has 0 aromatic carbocycles. The summed E-state index contributed by atoms with van der Waals surface area (Å²) >= 11 is 1.14. The lowest BCUT2D eigenvalue weighted by molar-refractivity contribution is -0.109. The molecule has 11 heteroatoms. The van der Waals surface area contributed by atoms with Gasteiger partial charge in [0.05, 0.1) is 31.3 Å². The third-order valence-corrected chi connectivity index (χ3v) is 6.86. The highest BCUT2D eigenvalue weighted by atomic mass is 32.2. The monoisotopic (exact) mass is 415 g/mol. The number of hydrogen-bond acceptors (Lipinski definition) is 8. The van der Waals surface area contributed by atoms with Gasteiger partial charge in [0.25, 0.3) is 7.52 Å². The van der Waals surface area contributed by atoms with Crippen LogP contribution in [-0.2, 0) is 25.2 Å². The molecule has 2 heterocycles. The van der Waals surface area contributed by atoms with Crippen LogP contribution in [-0.4, -0.2) is 63.2 Å². The molecule has 150 valence electrons. The minimum absolute atomic E-state index is 0.00459. The molecule has 2 N–H and O–H groups in total. The van der Waals surface area contributed by atoms with E-state index in [0.29, 0.717) is 29.1 Å². The highest BCUT2D eigenvalue weighted by Crippen LogP contribution is 2.49. The topological polar surface area (TPSA) is 113 Å². The lowest BCUT2D eigenvalue weighted by atomic mass is 10.3. The van der Waals surface area contributed by atoms with Gasteiger partial charge in [-0.25, -0.2) is 14.6 Å². The van der Waals surface area contributed by atoms with Gasteiger partial charge in [-0.1, -0.05) is 11.8 Å². The Balaban J connectivity index is 1.92. The Morgan fingerprint density at radius 1 is 1.44 bits per heavy atom. The van der Waals surface area contributed by atoms with Gasteiger partial charge >= 0.3 is 0 Å². The number of ether oxygens (including phenoxy) is 1. The number of imidazole rings is 1. The molecule has 0 bridgehead atoms. The van der Waals surface area contributed by atoms with Gasteiger partial charge < -0.3 is 19.6 Å². The van der Waals surface area contributed by atoms with Gasteiger partial charge in [0.1, 0.15) is 11.9 Å². The van der Waals surface area contributed by atoms with Crippen molar-refractivity contribution >= 4 is 41.2 Å². The molecule has 0 radical (unpaired) electrons. The molecular weight excluding hydrogens is 389 g/mol. The number of aromatic nitrogens is 3. The molecule has 0 aliphatic carbocycles. The average molecular weight is 415 g/mol. The summed E-state index contributed by atoms with van der Waals surface area (Å²) in [4.78, 5) is 19.5. The van der Waals surface area contributed by atoms with Crippen LogP contribution in [0.4, 0.5) is 5.69 Å². The van der Waals surface area contributed by atoms with E-state index < -0.39 is 7.52 Å². The smallest absolute Gasteiger partial charge is 0.297 e. The summed E-state index contributed by atoms with van der Waals surface area (Å²) in [5.74, 6) is 0.455. The van der Waals surface area contributed by atoms with E-state index in [4.69, 9.17) is 15.0 Å². The van der Waals surface area contributed by atoms with Gasteiger partial charge in [-0.15, -0.1) is 0 Å². The van der Waals surface area contributed by atoms with Gasteiger partial charge in [-0.2, -0.15) is 0 Å². The van der Waals surface area contributed by atoms with Crippen molar-refractivity contribution in [2.24, 2.45) is 0 Å². The van der Waals surface area contributed by atoms with Gasteiger partial charge in [-0.05, 0) is 27.1 Å². The Labute approximate surface area is 163 Å². The first-order valence-electron chi connectivity index (χ1n) is 8.44. The zero-order valence-electron chi connectivity index (χ0n) is 16.0. The molecule has 0 amide bonds. The molecule has 0 spiro atoms. The van der Waals surface area contributed by atoms with E-state index >= 15 is 0 Å². The van der Waals surface area contributed by atoms with E-state index in [9.17, 15) is 9.36 Å². The number of carbonyl (C=O) groups excluding carboxylic acids is 1. The highest BCUT2D eigenvalue weighted by Gasteiger charge is 2.28. The second-order valence-electron chi connectivity index (χ2n) is 6.23. The van der Waals surface area contributed by atoms with Gasteiger partial charge in [0, 0.05) is 18.9 Å². The molecule has 2 unspecified atom stereocenters. The van der Waals surface area contributed by atoms with Crippen molar-refractivity contribution in [2.45, 2.75) is 26.5 Å². The molecule has 0 saturated heterocycles. The lowest BCUT2D eigenvalue weighted by Gasteiger charge is -2.26. The molecule has 0 aliphatic rings. The molecule has 2 atom stereocenters. The fourth-order valence-electron chi connectivity index (χ4n) is 2.30. The number of thioether (sulfide) groups is 1. The molecule has 9 nitrogen and oxygen atoms in total. The number of anilines is 1. The van der Waals surface area contributed by atoms with E-state index in [1.54, 1.807) is 32.7 Å². The van der Waals surface area contributed by atoms with Crippen LogP contribution in [0.2, 0.25) is 0 Å². The normalized spacial score (nSPS) is 15.1. The number of nitrogen functional groups attached to an aromatic ring is 1. The molecule has 27 heavy (non-hydrogen) atoms. The van der Waals surface area contributed by atoms with Crippen molar-refractivity contribution in [3.63, 3.8) is 0 Å². The highest BCUT2D eigenvalue weighted by molar-refractivity contribution is 8.13. The number of fused-ring (bicyclic) bond motifs is 1. The fourth-order valence-corrected chi connectivity index (χ4v) is 4.23. The fraction of sp³-hybridized carbons (Fsp3) is 0.562. The number of nitrogens with zero attached hydrogens (tertiary/aromatic N) is 4. The SMILES string of the molecule is CC(=O)SCCOP(=O)(COC(C)Cn1cnc2c(N)ccnc21)N(C)C. The molecule has 2 aromatic heterocycles. The molecular formula is C16H26N5O4PS. The minimum atomic E-state index is -3.13. The number of pyridine rings is 1. The Kier molecular flexibility index (Phi) is 7.81. The lowest BCUT2D eigenvalue weighted by Crippen LogP contribution is -2.22. The number of nitrogens with two attached hydrogens (primary N) is 1.